The Morgan fingerprint density at radius 3 is 2.92 bits per heavy atom. The highest BCUT2D eigenvalue weighted by atomic mass is 16.2. The molecule has 1 fully saturated rings. The summed E-state index contributed by atoms with van der Waals surface area (Å²) in [5.74, 6) is 1.22. The van der Waals surface area contributed by atoms with E-state index >= 15 is 0 Å². The number of carbonyl (C=O) groups is 1. The van der Waals surface area contributed by atoms with Gasteiger partial charge in [-0.25, -0.2) is 9.97 Å². The number of para-hydroxylation sites is 1. The van der Waals surface area contributed by atoms with Crippen molar-refractivity contribution in [1.82, 2.24) is 14.9 Å². The van der Waals surface area contributed by atoms with Gasteiger partial charge in [-0.1, -0.05) is 25.1 Å². The molecule has 0 saturated carbocycles. The van der Waals surface area contributed by atoms with E-state index < -0.39 is 0 Å². The molecule has 0 bridgehead atoms. The van der Waals surface area contributed by atoms with E-state index in [2.05, 4.69) is 40.0 Å². The number of hydrogen-bond acceptors (Lipinski definition) is 4. The summed E-state index contributed by atoms with van der Waals surface area (Å²) >= 11 is 0. The minimum absolute atomic E-state index is 0.0282. The number of rotatable bonds is 2. The number of piperidine rings is 1. The molecule has 5 nitrogen and oxygen atoms in total. The van der Waals surface area contributed by atoms with E-state index in [-0.39, 0.29) is 5.91 Å². The summed E-state index contributed by atoms with van der Waals surface area (Å²) < 4.78 is 0. The fraction of sp³-hybridized carbons (Fsp3) is 0.450. The van der Waals surface area contributed by atoms with Crippen molar-refractivity contribution < 1.29 is 4.79 Å². The molecule has 0 aliphatic carbocycles. The Labute approximate surface area is 148 Å². The van der Waals surface area contributed by atoms with Gasteiger partial charge in [-0.05, 0) is 49.3 Å². The lowest BCUT2D eigenvalue weighted by Gasteiger charge is -2.31. The maximum Gasteiger partial charge on any atom is 0.272 e. The fourth-order valence-electron chi connectivity index (χ4n) is 3.87. The second kappa shape index (κ2) is 6.82. The second-order valence-corrected chi connectivity index (χ2v) is 7.12. The summed E-state index contributed by atoms with van der Waals surface area (Å²) in [5, 5.41) is 0. The number of aromatic nitrogens is 2. The third-order valence-corrected chi connectivity index (χ3v) is 5.16. The van der Waals surface area contributed by atoms with Gasteiger partial charge in [0.25, 0.3) is 5.91 Å². The lowest BCUT2D eigenvalue weighted by molar-refractivity contribution is 0.0677. The number of likely N-dealkylation sites (tertiary alicyclic amines) is 1. The fourth-order valence-corrected chi connectivity index (χ4v) is 3.87. The predicted octanol–water partition coefficient (Wildman–Crippen LogP) is 3.43. The Morgan fingerprint density at radius 2 is 2.04 bits per heavy atom. The van der Waals surface area contributed by atoms with Crippen LogP contribution in [-0.2, 0) is 6.42 Å². The third-order valence-electron chi connectivity index (χ3n) is 5.16. The number of anilines is 2. The van der Waals surface area contributed by atoms with Crippen LogP contribution in [0.3, 0.4) is 0 Å². The van der Waals surface area contributed by atoms with Crippen LogP contribution in [0.25, 0.3) is 0 Å². The van der Waals surface area contributed by atoms with Crippen molar-refractivity contribution in [2.75, 3.05) is 24.5 Å². The Bertz CT molecular complexity index is 776. The molecule has 3 heterocycles. The van der Waals surface area contributed by atoms with E-state index in [0.29, 0.717) is 17.6 Å². The molecular weight excluding hydrogens is 312 g/mol. The molecule has 25 heavy (non-hydrogen) atoms. The first-order chi connectivity index (χ1) is 12.2. The highest BCUT2D eigenvalue weighted by molar-refractivity contribution is 5.92. The molecule has 1 saturated heterocycles. The molecule has 0 radical (unpaired) electrons. The number of hydrogen-bond donors (Lipinski definition) is 0. The molecule has 1 atom stereocenters. The normalized spacial score (nSPS) is 20.3. The van der Waals surface area contributed by atoms with Gasteiger partial charge in [-0.15, -0.1) is 0 Å². The molecule has 1 aromatic carbocycles. The molecule has 1 aromatic heterocycles. The smallest absolute Gasteiger partial charge is 0.272 e. The zero-order valence-electron chi connectivity index (χ0n) is 14.7. The molecule has 2 aromatic rings. The largest absolute Gasteiger partial charge is 0.337 e. The molecule has 0 spiro atoms. The highest BCUT2D eigenvalue weighted by Gasteiger charge is 2.25. The van der Waals surface area contributed by atoms with Gasteiger partial charge in [0.05, 0.1) is 0 Å². The van der Waals surface area contributed by atoms with Crippen molar-refractivity contribution in [3.63, 3.8) is 0 Å². The van der Waals surface area contributed by atoms with Gasteiger partial charge in [0.1, 0.15) is 5.69 Å². The van der Waals surface area contributed by atoms with Crippen molar-refractivity contribution >= 4 is 17.5 Å². The SMILES string of the molecule is CC1CCCN(C(=O)c2ccnc(N3CCCc4ccccc43)n2)C1. The van der Waals surface area contributed by atoms with Crippen LogP contribution in [0.2, 0.25) is 0 Å². The van der Waals surface area contributed by atoms with E-state index in [1.54, 1.807) is 12.3 Å². The standard InChI is InChI=1S/C20H24N4O/c1-15-6-4-12-23(14-15)19(25)17-10-11-21-20(22-17)24-13-5-8-16-7-2-3-9-18(16)24/h2-3,7,9-11,15H,4-6,8,12-14H2,1H3. The topological polar surface area (TPSA) is 49.3 Å². The van der Waals surface area contributed by atoms with E-state index in [1.807, 2.05) is 11.0 Å². The minimum atomic E-state index is 0.0282. The summed E-state index contributed by atoms with van der Waals surface area (Å²) in [6, 6.07) is 10.1. The summed E-state index contributed by atoms with van der Waals surface area (Å²) in [6.07, 6.45) is 6.13. The summed E-state index contributed by atoms with van der Waals surface area (Å²) in [5.41, 5.74) is 2.98. The molecule has 130 valence electrons. The number of carbonyl (C=O) groups excluding carboxylic acids is 1. The van der Waals surface area contributed by atoms with Crippen LogP contribution in [-0.4, -0.2) is 40.4 Å². The Morgan fingerprint density at radius 1 is 1.16 bits per heavy atom. The average molecular weight is 336 g/mol. The number of benzene rings is 1. The predicted molar refractivity (Wildman–Crippen MR) is 98.1 cm³/mol. The highest BCUT2D eigenvalue weighted by Crippen LogP contribution is 2.31. The van der Waals surface area contributed by atoms with Crippen molar-refractivity contribution in [3.05, 3.63) is 47.8 Å². The van der Waals surface area contributed by atoms with Crippen LogP contribution in [0, 0.1) is 5.92 Å². The Hall–Kier alpha value is -2.43. The maximum absolute atomic E-state index is 12.8. The van der Waals surface area contributed by atoms with Gasteiger partial charge in [0, 0.05) is 31.5 Å². The van der Waals surface area contributed by atoms with Gasteiger partial charge < -0.3 is 9.80 Å². The van der Waals surface area contributed by atoms with Crippen molar-refractivity contribution in [2.24, 2.45) is 5.92 Å². The van der Waals surface area contributed by atoms with Gasteiger partial charge in [0.2, 0.25) is 5.95 Å². The number of fused-ring (bicyclic) bond motifs is 1. The monoisotopic (exact) mass is 336 g/mol. The minimum Gasteiger partial charge on any atom is -0.337 e. The van der Waals surface area contributed by atoms with Crippen molar-refractivity contribution in [1.29, 1.82) is 0 Å². The van der Waals surface area contributed by atoms with Crippen LogP contribution >= 0.6 is 0 Å². The van der Waals surface area contributed by atoms with E-state index in [0.717, 1.165) is 44.6 Å². The first kappa shape index (κ1) is 16.1. The molecule has 0 N–H and O–H groups in total. The molecule has 5 heteroatoms. The zero-order chi connectivity index (χ0) is 17.2. The first-order valence-corrected chi connectivity index (χ1v) is 9.20. The molecule has 1 amide bonds. The summed E-state index contributed by atoms with van der Waals surface area (Å²) in [7, 11) is 0. The average Bonchev–Trinajstić information content (AvgIpc) is 2.67. The molecule has 4 rings (SSSR count). The van der Waals surface area contributed by atoms with Gasteiger partial charge in [-0.3, -0.25) is 4.79 Å². The molecule has 2 aliphatic rings. The third kappa shape index (κ3) is 3.23. The molecular formula is C20H24N4O. The Balaban J connectivity index is 1.61. The number of nitrogens with zero attached hydrogens (tertiary/aromatic N) is 4. The van der Waals surface area contributed by atoms with E-state index in [4.69, 9.17) is 0 Å². The Kier molecular flexibility index (Phi) is 4.38. The molecule has 2 aliphatic heterocycles. The molecule has 1 unspecified atom stereocenters. The summed E-state index contributed by atoms with van der Waals surface area (Å²) in [6.45, 7) is 4.74. The van der Waals surface area contributed by atoms with Crippen molar-refractivity contribution in [3.8, 4) is 0 Å². The lowest BCUT2D eigenvalue weighted by atomic mass is 10.00. The number of aryl methyl sites for hydroxylation is 1. The maximum atomic E-state index is 12.8. The second-order valence-electron chi connectivity index (χ2n) is 7.12. The zero-order valence-corrected chi connectivity index (χ0v) is 14.7. The first-order valence-electron chi connectivity index (χ1n) is 9.20. The van der Waals surface area contributed by atoms with Gasteiger partial charge in [0.15, 0.2) is 0 Å². The lowest BCUT2D eigenvalue weighted by Crippen LogP contribution is -2.39. The summed E-state index contributed by atoms with van der Waals surface area (Å²) in [4.78, 5) is 26.0. The van der Waals surface area contributed by atoms with E-state index in [9.17, 15) is 4.79 Å². The van der Waals surface area contributed by atoms with Gasteiger partial charge in [-0.2, -0.15) is 0 Å². The van der Waals surface area contributed by atoms with Crippen LogP contribution < -0.4 is 4.90 Å². The van der Waals surface area contributed by atoms with Crippen LogP contribution in [0.5, 0.6) is 0 Å². The number of amides is 1. The van der Waals surface area contributed by atoms with E-state index in [1.165, 1.54) is 12.0 Å². The quantitative estimate of drug-likeness (QED) is 0.843. The van der Waals surface area contributed by atoms with Crippen LogP contribution in [0.15, 0.2) is 36.5 Å². The van der Waals surface area contributed by atoms with Gasteiger partial charge >= 0.3 is 0 Å². The van der Waals surface area contributed by atoms with Crippen molar-refractivity contribution in [2.45, 2.75) is 32.6 Å². The van der Waals surface area contributed by atoms with Crippen LogP contribution in [0.4, 0.5) is 11.6 Å². The van der Waals surface area contributed by atoms with Crippen LogP contribution in [0.1, 0.15) is 42.2 Å².